The monoisotopic (exact) mass is 409 g/mol. The van der Waals surface area contributed by atoms with Gasteiger partial charge in [-0.05, 0) is 37.3 Å². The van der Waals surface area contributed by atoms with Gasteiger partial charge in [0, 0.05) is 28.2 Å². The molecule has 0 saturated carbocycles. The Bertz CT molecular complexity index is 990. The highest BCUT2D eigenvalue weighted by Gasteiger charge is 2.39. The molecule has 3 aromatic rings. The summed E-state index contributed by atoms with van der Waals surface area (Å²) in [6, 6.07) is 15.2. The maximum Gasteiger partial charge on any atom is 0.199 e. The first-order chi connectivity index (χ1) is 14.6. The predicted molar refractivity (Wildman–Crippen MR) is 116 cm³/mol. The van der Waals surface area contributed by atoms with Gasteiger partial charge in [-0.2, -0.15) is 0 Å². The van der Waals surface area contributed by atoms with Crippen molar-refractivity contribution in [3.05, 3.63) is 65.9 Å². The van der Waals surface area contributed by atoms with E-state index in [9.17, 15) is 9.90 Å². The standard InChI is InChI=1S/C24H29N3O3/c1-3-26-12-14-27(15-13-26)22(17-8-10-18(30-2)11-9-17)24(29)23(28)20-16-25-21-7-5-4-6-19(20)21/h4-11,16,22,24-25,29H,3,12-15H2,1-2H3/p+2/t22-,24+/m1/s1. The number of methoxy groups -OCH3 is 1. The molecule has 1 saturated heterocycles. The number of aromatic amines is 1. The summed E-state index contributed by atoms with van der Waals surface area (Å²) in [6.45, 7) is 7.27. The van der Waals surface area contributed by atoms with Crippen molar-refractivity contribution >= 4 is 16.7 Å². The molecule has 4 rings (SSSR count). The summed E-state index contributed by atoms with van der Waals surface area (Å²) in [6.07, 6.45) is 0.603. The number of nitrogens with one attached hydrogen (secondary N) is 3. The van der Waals surface area contributed by atoms with E-state index in [0.29, 0.717) is 5.56 Å². The molecule has 1 aliphatic heterocycles. The number of ether oxygens (including phenoxy) is 1. The Morgan fingerprint density at radius 3 is 2.47 bits per heavy atom. The fourth-order valence-corrected chi connectivity index (χ4v) is 4.63. The summed E-state index contributed by atoms with van der Waals surface area (Å²) in [5.41, 5.74) is 2.42. The number of para-hydroxylation sites is 1. The second kappa shape index (κ2) is 9.00. The molecule has 2 aromatic carbocycles. The molecule has 2 heterocycles. The van der Waals surface area contributed by atoms with Crippen molar-refractivity contribution in [2.75, 3.05) is 39.8 Å². The molecule has 4 N–H and O–H groups in total. The second-order valence-electron chi connectivity index (χ2n) is 8.07. The van der Waals surface area contributed by atoms with Crippen LogP contribution in [0.4, 0.5) is 0 Å². The van der Waals surface area contributed by atoms with Crippen molar-refractivity contribution in [2.45, 2.75) is 19.1 Å². The normalized spacial score (nSPS) is 21.3. The lowest BCUT2D eigenvalue weighted by Gasteiger charge is -2.36. The highest BCUT2D eigenvalue weighted by atomic mass is 16.5. The van der Waals surface area contributed by atoms with Gasteiger partial charge in [-0.3, -0.25) is 4.79 Å². The molecule has 6 nitrogen and oxygen atoms in total. The lowest BCUT2D eigenvalue weighted by molar-refractivity contribution is -1.03. The van der Waals surface area contributed by atoms with Crippen LogP contribution in [0, 0.1) is 0 Å². The molecule has 0 bridgehead atoms. The molecular weight excluding hydrogens is 378 g/mol. The molecule has 1 aliphatic rings. The number of carbonyl (C=O) groups is 1. The summed E-state index contributed by atoms with van der Waals surface area (Å²) in [5.74, 6) is 0.538. The molecule has 0 aliphatic carbocycles. The Hall–Kier alpha value is -2.67. The van der Waals surface area contributed by atoms with Crippen LogP contribution in [0.1, 0.15) is 28.9 Å². The first kappa shape index (κ1) is 20.6. The summed E-state index contributed by atoms with van der Waals surface area (Å²) >= 11 is 0. The Kier molecular flexibility index (Phi) is 6.18. The van der Waals surface area contributed by atoms with Crippen LogP contribution in [-0.4, -0.2) is 61.8 Å². The smallest absolute Gasteiger partial charge is 0.199 e. The van der Waals surface area contributed by atoms with Gasteiger partial charge in [0.25, 0.3) is 0 Å². The highest BCUT2D eigenvalue weighted by Crippen LogP contribution is 2.24. The average molecular weight is 410 g/mol. The van der Waals surface area contributed by atoms with Crippen LogP contribution in [0.2, 0.25) is 0 Å². The lowest BCUT2D eigenvalue weighted by atomic mass is 9.93. The minimum absolute atomic E-state index is 0.231. The number of Topliss-reactive ketones (excluding diaryl/α,β-unsaturated/α-hetero) is 1. The van der Waals surface area contributed by atoms with Gasteiger partial charge in [0.1, 0.15) is 38.0 Å². The topological polar surface area (TPSA) is 71.2 Å². The molecule has 0 unspecified atom stereocenters. The number of carbonyl (C=O) groups excluding carboxylic acids is 1. The molecule has 30 heavy (non-hydrogen) atoms. The maximum atomic E-state index is 13.4. The van der Waals surface area contributed by atoms with E-state index in [2.05, 4.69) is 11.9 Å². The van der Waals surface area contributed by atoms with E-state index >= 15 is 0 Å². The van der Waals surface area contributed by atoms with Crippen molar-refractivity contribution in [3.63, 3.8) is 0 Å². The van der Waals surface area contributed by atoms with Crippen molar-refractivity contribution in [1.82, 2.24) is 4.98 Å². The largest absolute Gasteiger partial charge is 0.497 e. The van der Waals surface area contributed by atoms with Crippen LogP contribution in [0.3, 0.4) is 0 Å². The van der Waals surface area contributed by atoms with Crippen LogP contribution >= 0.6 is 0 Å². The molecule has 158 valence electrons. The third-order valence-corrected chi connectivity index (χ3v) is 6.45. The van der Waals surface area contributed by atoms with Crippen molar-refractivity contribution in [2.24, 2.45) is 0 Å². The maximum absolute atomic E-state index is 13.4. The number of aliphatic hydroxyl groups excluding tert-OH is 1. The zero-order valence-corrected chi connectivity index (χ0v) is 17.7. The Morgan fingerprint density at radius 1 is 1.10 bits per heavy atom. The van der Waals surface area contributed by atoms with Gasteiger partial charge in [0.05, 0.1) is 13.7 Å². The van der Waals surface area contributed by atoms with Crippen LogP contribution in [0.15, 0.2) is 54.7 Å². The number of piperazine rings is 1. The van der Waals surface area contributed by atoms with Gasteiger partial charge in [0.2, 0.25) is 0 Å². The summed E-state index contributed by atoms with van der Waals surface area (Å²) in [7, 11) is 1.64. The number of hydrogen-bond donors (Lipinski definition) is 4. The van der Waals surface area contributed by atoms with Gasteiger partial charge in [0.15, 0.2) is 11.9 Å². The number of hydrogen-bond acceptors (Lipinski definition) is 3. The number of ketones is 1. The molecule has 0 amide bonds. The first-order valence-electron chi connectivity index (χ1n) is 10.7. The number of H-pyrrole nitrogens is 1. The van der Waals surface area contributed by atoms with Crippen LogP contribution in [0.25, 0.3) is 10.9 Å². The third kappa shape index (κ3) is 3.99. The van der Waals surface area contributed by atoms with E-state index in [-0.39, 0.29) is 11.8 Å². The van der Waals surface area contributed by atoms with E-state index in [1.54, 1.807) is 18.2 Å². The van der Waals surface area contributed by atoms with Gasteiger partial charge < -0.3 is 24.6 Å². The van der Waals surface area contributed by atoms with E-state index in [0.717, 1.165) is 54.9 Å². The van der Waals surface area contributed by atoms with Crippen LogP contribution in [-0.2, 0) is 0 Å². The molecule has 0 radical (unpaired) electrons. The first-order valence-corrected chi connectivity index (χ1v) is 10.7. The number of quaternary nitrogens is 2. The van der Waals surface area contributed by atoms with E-state index in [1.807, 2.05) is 48.5 Å². The van der Waals surface area contributed by atoms with Gasteiger partial charge in [-0.15, -0.1) is 0 Å². The van der Waals surface area contributed by atoms with Gasteiger partial charge in [-0.25, -0.2) is 0 Å². The fourth-order valence-electron chi connectivity index (χ4n) is 4.63. The second-order valence-corrected chi connectivity index (χ2v) is 8.07. The van der Waals surface area contributed by atoms with Gasteiger partial charge >= 0.3 is 0 Å². The SMILES string of the molecule is CC[NH+]1CC[NH+]([C@H](c2ccc(OC)cc2)[C@H](O)C(=O)c2c[nH]c3ccccc23)CC1. The van der Waals surface area contributed by atoms with Gasteiger partial charge in [-0.1, -0.05) is 18.2 Å². The molecule has 1 fully saturated rings. The minimum Gasteiger partial charge on any atom is -0.497 e. The summed E-state index contributed by atoms with van der Waals surface area (Å²) in [5, 5.41) is 12.2. The van der Waals surface area contributed by atoms with Crippen LogP contribution < -0.4 is 14.5 Å². The number of likely N-dealkylation sites (N-methyl/N-ethyl adjacent to an activating group) is 1. The Morgan fingerprint density at radius 2 is 1.80 bits per heavy atom. The summed E-state index contributed by atoms with van der Waals surface area (Å²) < 4.78 is 5.29. The summed E-state index contributed by atoms with van der Waals surface area (Å²) in [4.78, 5) is 19.4. The molecule has 6 heteroatoms. The van der Waals surface area contributed by atoms with Crippen molar-refractivity contribution in [3.8, 4) is 5.75 Å². The Balaban J connectivity index is 1.66. The van der Waals surface area contributed by atoms with E-state index in [1.165, 1.54) is 4.90 Å². The fraction of sp³-hybridized carbons (Fsp3) is 0.375. The number of benzene rings is 2. The van der Waals surface area contributed by atoms with Crippen molar-refractivity contribution < 1.29 is 24.4 Å². The van der Waals surface area contributed by atoms with E-state index in [4.69, 9.17) is 4.74 Å². The van der Waals surface area contributed by atoms with Crippen LogP contribution in [0.5, 0.6) is 5.75 Å². The van der Waals surface area contributed by atoms with E-state index < -0.39 is 6.10 Å². The third-order valence-electron chi connectivity index (χ3n) is 6.45. The zero-order valence-electron chi connectivity index (χ0n) is 17.7. The highest BCUT2D eigenvalue weighted by molar-refractivity contribution is 6.10. The number of aliphatic hydroxyl groups is 1. The minimum atomic E-state index is -1.12. The lowest BCUT2D eigenvalue weighted by Crippen LogP contribution is -3.28. The predicted octanol–water partition coefficient (Wildman–Crippen LogP) is 0.265. The number of aromatic nitrogens is 1. The molecular formula is C24H31N3O3+2. The zero-order chi connectivity index (χ0) is 21.1. The quantitative estimate of drug-likeness (QED) is 0.423. The number of fused-ring (bicyclic) bond motifs is 1. The van der Waals surface area contributed by atoms with Crippen molar-refractivity contribution in [1.29, 1.82) is 0 Å². The molecule has 1 aromatic heterocycles. The Labute approximate surface area is 177 Å². The average Bonchev–Trinajstić information content (AvgIpc) is 3.24. The molecule has 2 atom stereocenters. The molecule has 0 spiro atoms. The number of rotatable bonds is 7.